The molecule has 0 radical (unpaired) electrons. The van der Waals surface area contributed by atoms with Gasteiger partial charge in [-0.1, -0.05) is 54.1 Å². The number of anilines is 2. The molecule has 0 spiro atoms. The number of thiophene rings is 1. The summed E-state index contributed by atoms with van der Waals surface area (Å²) in [6, 6.07) is 14.9. The van der Waals surface area contributed by atoms with Crippen LogP contribution < -0.4 is 21.9 Å². The molecule has 10 heteroatoms. The molecule has 0 saturated heterocycles. The van der Waals surface area contributed by atoms with Gasteiger partial charge in [0, 0.05) is 17.2 Å². The van der Waals surface area contributed by atoms with Crippen molar-refractivity contribution in [2.75, 3.05) is 24.4 Å². The van der Waals surface area contributed by atoms with Gasteiger partial charge in [0.05, 0.1) is 24.7 Å². The number of hydrogen-bond donors (Lipinski definition) is 2. The number of amides is 1. The standard InChI is InChI=1S/C24H23ClN4O4S/c1-14-7-6-10-16-17(14)18(25)20(34-16)23(31)29(13-15-8-4-3-5-9-15)19-21(26)28(11-12-33-2)24(32)27-22(19)30/h3-10H,11-13,26H2,1-2H3,(H,27,30,32). The quantitative estimate of drug-likeness (QED) is 0.403. The Morgan fingerprint density at radius 3 is 2.59 bits per heavy atom. The van der Waals surface area contributed by atoms with Crippen LogP contribution in [0.3, 0.4) is 0 Å². The molecule has 3 N–H and O–H groups in total. The maximum atomic E-state index is 13.9. The van der Waals surface area contributed by atoms with Crippen molar-refractivity contribution >= 4 is 50.4 Å². The number of aryl methyl sites for hydroxylation is 1. The van der Waals surface area contributed by atoms with E-state index in [1.807, 2.05) is 55.5 Å². The van der Waals surface area contributed by atoms with Crippen molar-refractivity contribution in [2.24, 2.45) is 0 Å². The summed E-state index contributed by atoms with van der Waals surface area (Å²) in [5, 5.41) is 1.12. The SMILES string of the molecule is COCCn1c(N)c(N(Cc2ccccc2)C(=O)c2sc3cccc(C)c3c2Cl)c(=O)[nH]c1=O. The molecule has 0 fully saturated rings. The Hall–Kier alpha value is -3.40. The Bertz CT molecular complexity index is 1480. The zero-order valence-electron chi connectivity index (χ0n) is 18.6. The van der Waals surface area contributed by atoms with Gasteiger partial charge in [-0.3, -0.25) is 24.0 Å². The Labute approximate surface area is 204 Å². The predicted molar refractivity (Wildman–Crippen MR) is 136 cm³/mol. The summed E-state index contributed by atoms with van der Waals surface area (Å²) in [6.45, 7) is 2.29. The summed E-state index contributed by atoms with van der Waals surface area (Å²) in [4.78, 5) is 43.1. The van der Waals surface area contributed by atoms with Crippen molar-refractivity contribution in [3.63, 3.8) is 0 Å². The van der Waals surface area contributed by atoms with E-state index in [0.717, 1.165) is 21.2 Å². The number of aromatic nitrogens is 2. The van der Waals surface area contributed by atoms with Crippen LogP contribution in [0.1, 0.15) is 20.8 Å². The van der Waals surface area contributed by atoms with Gasteiger partial charge in [0.15, 0.2) is 5.69 Å². The van der Waals surface area contributed by atoms with Crippen molar-refractivity contribution in [2.45, 2.75) is 20.0 Å². The fourth-order valence-corrected chi connectivity index (χ4v) is 5.42. The van der Waals surface area contributed by atoms with E-state index >= 15 is 0 Å². The van der Waals surface area contributed by atoms with Gasteiger partial charge >= 0.3 is 5.69 Å². The number of nitrogens with zero attached hydrogens (tertiary/aromatic N) is 2. The van der Waals surface area contributed by atoms with E-state index in [0.29, 0.717) is 5.02 Å². The van der Waals surface area contributed by atoms with Crippen LogP contribution in [0.2, 0.25) is 5.02 Å². The first-order chi connectivity index (χ1) is 16.3. The van der Waals surface area contributed by atoms with Crippen molar-refractivity contribution < 1.29 is 9.53 Å². The minimum absolute atomic E-state index is 0.0546. The van der Waals surface area contributed by atoms with E-state index in [2.05, 4.69) is 4.98 Å². The molecule has 0 atom stereocenters. The summed E-state index contributed by atoms with van der Waals surface area (Å²) in [5.41, 5.74) is 6.47. The molecule has 4 aromatic rings. The van der Waals surface area contributed by atoms with E-state index < -0.39 is 17.2 Å². The van der Waals surface area contributed by atoms with Crippen molar-refractivity contribution in [1.82, 2.24) is 9.55 Å². The minimum atomic E-state index is -0.756. The first kappa shape index (κ1) is 23.7. The molecule has 4 rings (SSSR count). The molecule has 2 aromatic heterocycles. The van der Waals surface area contributed by atoms with Gasteiger partial charge in [-0.2, -0.15) is 0 Å². The number of nitrogens with two attached hydrogens (primary N) is 1. The van der Waals surface area contributed by atoms with Crippen LogP contribution in [0.15, 0.2) is 58.1 Å². The highest BCUT2D eigenvalue weighted by atomic mass is 35.5. The van der Waals surface area contributed by atoms with Crippen LogP contribution in [-0.2, 0) is 17.8 Å². The largest absolute Gasteiger partial charge is 0.383 e. The predicted octanol–water partition coefficient (Wildman–Crippen LogP) is 3.79. The molecule has 176 valence electrons. The number of aromatic amines is 1. The molecule has 2 heterocycles. The molecule has 0 saturated carbocycles. The van der Waals surface area contributed by atoms with Gasteiger partial charge in [-0.25, -0.2) is 4.79 Å². The molecule has 8 nitrogen and oxygen atoms in total. The smallest absolute Gasteiger partial charge is 0.330 e. The monoisotopic (exact) mass is 498 g/mol. The number of nitrogens with one attached hydrogen (secondary N) is 1. The number of ether oxygens (including phenoxy) is 1. The molecule has 1 amide bonds. The highest BCUT2D eigenvalue weighted by molar-refractivity contribution is 7.21. The number of H-pyrrole nitrogens is 1. The van der Waals surface area contributed by atoms with E-state index in [9.17, 15) is 14.4 Å². The second-order valence-corrected chi connectivity index (χ2v) is 9.14. The molecule has 0 aliphatic rings. The first-order valence-corrected chi connectivity index (χ1v) is 11.7. The maximum Gasteiger partial charge on any atom is 0.330 e. The second-order valence-electron chi connectivity index (χ2n) is 7.71. The van der Waals surface area contributed by atoms with Crippen molar-refractivity contribution in [3.05, 3.63) is 90.4 Å². The van der Waals surface area contributed by atoms with Crippen LogP contribution in [-0.4, -0.2) is 29.2 Å². The van der Waals surface area contributed by atoms with Gasteiger partial charge < -0.3 is 10.5 Å². The lowest BCUT2D eigenvalue weighted by Gasteiger charge is -2.24. The van der Waals surface area contributed by atoms with E-state index in [1.165, 1.54) is 27.9 Å². The van der Waals surface area contributed by atoms with Gasteiger partial charge in [0.2, 0.25) is 0 Å². The third-order valence-corrected chi connectivity index (χ3v) is 7.12. The van der Waals surface area contributed by atoms with Crippen molar-refractivity contribution in [1.29, 1.82) is 0 Å². The highest BCUT2D eigenvalue weighted by Crippen LogP contribution is 2.38. The van der Waals surface area contributed by atoms with Crippen molar-refractivity contribution in [3.8, 4) is 0 Å². The molecule has 0 aliphatic heterocycles. The lowest BCUT2D eigenvalue weighted by Crippen LogP contribution is -2.41. The van der Waals surface area contributed by atoms with E-state index in [4.69, 9.17) is 22.1 Å². The average Bonchev–Trinajstić information content (AvgIpc) is 3.16. The zero-order chi connectivity index (χ0) is 24.4. The summed E-state index contributed by atoms with van der Waals surface area (Å²) in [6.07, 6.45) is 0. The zero-order valence-corrected chi connectivity index (χ0v) is 20.2. The normalized spacial score (nSPS) is 11.1. The second kappa shape index (κ2) is 9.84. The van der Waals surface area contributed by atoms with Crippen LogP contribution in [0, 0.1) is 6.92 Å². The number of carbonyl (C=O) groups excluding carboxylic acids is 1. The number of carbonyl (C=O) groups is 1. The summed E-state index contributed by atoms with van der Waals surface area (Å²) >= 11 is 7.92. The summed E-state index contributed by atoms with van der Waals surface area (Å²) in [5.74, 6) is -0.605. The van der Waals surface area contributed by atoms with E-state index in [-0.39, 0.29) is 36.1 Å². The molecule has 0 aliphatic carbocycles. The number of methoxy groups -OCH3 is 1. The molecule has 0 bridgehead atoms. The van der Waals surface area contributed by atoms with Gasteiger partial charge in [-0.15, -0.1) is 11.3 Å². The molecule has 34 heavy (non-hydrogen) atoms. The van der Waals surface area contributed by atoms with Crippen LogP contribution >= 0.6 is 22.9 Å². The topological polar surface area (TPSA) is 110 Å². The third-order valence-electron chi connectivity index (χ3n) is 5.49. The summed E-state index contributed by atoms with van der Waals surface area (Å²) < 4.78 is 7.10. The van der Waals surface area contributed by atoms with E-state index in [1.54, 1.807) is 0 Å². The number of fused-ring (bicyclic) bond motifs is 1. The maximum absolute atomic E-state index is 13.9. The Kier molecular flexibility index (Phi) is 6.87. The molecular formula is C24H23ClN4O4S. The van der Waals surface area contributed by atoms with Gasteiger partial charge in [0.1, 0.15) is 10.7 Å². The Morgan fingerprint density at radius 1 is 1.18 bits per heavy atom. The lowest BCUT2D eigenvalue weighted by atomic mass is 10.1. The van der Waals surface area contributed by atoms with Gasteiger partial charge in [-0.05, 0) is 24.1 Å². The average molecular weight is 499 g/mol. The number of nitrogen functional groups attached to an aromatic ring is 1. The molecular weight excluding hydrogens is 476 g/mol. The Morgan fingerprint density at radius 2 is 1.91 bits per heavy atom. The molecule has 2 aromatic carbocycles. The Balaban J connectivity index is 1.91. The number of hydrogen-bond acceptors (Lipinski definition) is 6. The first-order valence-electron chi connectivity index (χ1n) is 10.5. The fourth-order valence-electron chi connectivity index (χ4n) is 3.80. The lowest BCUT2D eigenvalue weighted by molar-refractivity contribution is 0.0989. The fraction of sp³-hybridized carbons (Fsp3) is 0.208. The van der Waals surface area contributed by atoms with Crippen LogP contribution in [0.5, 0.6) is 0 Å². The minimum Gasteiger partial charge on any atom is -0.383 e. The van der Waals surface area contributed by atoms with Gasteiger partial charge in [0.25, 0.3) is 11.5 Å². The third kappa shape index (κ3) is 4.37. The number of benzene rings is 2. The molecule has 0 unspecified atom stereocenters. The summed E-state index contributed by atoms with van der Waals surface area (Å²) in [7, 11) is 1.49. The highest BCUT2D eigenvalue weighted by Gasteiger charge is 2.29. The number of rotatable bonds is 7. The van der Waals surface area contributed by atoms with Crippen LogP contribution in [0.4, 0.5) is 11.5 Å². The number of halogens is 1. The van der Waals surface area contributed by atoms with Crippen LogP contribution in [0.25, 0.3) is 10.1 Å².